The van der Waals surface area contributed by atoms with Gasteiger partial charge in [0, 0.05) is 6.07 Å². The maximum absolute atomic E-state index is 11.5. The van der Waals surface area contributed by atoms with Crippen molar-refractivity contribution in [2.24, 2.45) is 0 Å². The molecule has 0 aliphatic carbocycles. The standard InChI is InChI=1S/C11H11NO6/c1-2-5-18-11(15)8-4-3-7(10(13)14)6-9(8)12(16)17/h3-4,6H,2,5H2,1H3,(H,13,14). The highest BCUT2D eigenvalue weighted by Gasteiger charge is 2.23. The second kappa shape index (κ2) is 5.76. The third-order valence-corrected chi connectivity index (χ3v) is 2.10. The number of carboxylic acid groups (broad SMARTS) is 1. The van der Waals surface area contributed by atoms with Crippen molar-refractivity contribution in [2.75, 3.05) is 6.61 Å². The van der Waals surface area contributed by atoms with Gasteiger partial charge in [0.1, 0.15) is 5.56 Å². The van der Waals surface area contributed by atoms with E-state index in [1.165, 1.54) is 0 Å². The summed E-state index contributed by atoms with van der Waals surface area (Å²) in [6, 6.07) is 3.04. The molecule has 0 atom stereocenters. The predicted molar refractivity (Wildman–Crippen MR) is 60.6 cm³/mol. The number of carbonyl (C=O) groups excluding carboxylic acids is 1. The minimum absolute atomic E-state index is 0.149. The summed E-state index contributed by atoms with van der Waals surface area (Å²) in [5.41, 5.74) is -1.08. The van der Waals surface area contributed by atoms with Crippen molar-refractivity contribution in [1.29, 1.82) is 0 Å². The Bertz CT molecular complexity index is 496. The lowest BCUT2D eigenvalue weighted by Gasteiger charge is -2.04. The number of carbonyl (C=O) groups is 2. The van der Waals surface area contributed by atoms with Crippen LogP contribution in [0.2, 0.25) is 0 Å². The monoisotopic (exact) mass is 253 g/mol. The third kappa shape index (κ3) is 3.03. The van der Waals surface area contributed by atoms with Gasteiger partial charge in [-0.25, -0.2) is 9.59 Å². The van der Waals surface area contributed by atoms with Gasteiger partial charge in [-0.3, -0.25) is 10.1 Å². The molecule has 0 bridgehead atoms. The molecule has 0 aliphatic rings. The summed E-state index contributed by atoms with van der Waals surface area (Å²) in [7, 11) is 0. The van der Waals surface area contributed by atoms with Gasteiger partial charge in [0.2, 0.25) is 0 Å². The maximum atomic E-state index is 11.5. The Morgan fingerprint density at radius 1 is 1.44 bits per heavy atom. The average Bonchev–Trinajstić information content (AvgIpc) is 2.34. The molecule has 1 rings (SSSR count). The van der Waals surface area contributed by atoms with Crippen LogP contribution in [-0.4, -0.2) is 28.6 Å². The van der Waals surface area contributed by atoms with Crippen LogP contribution in [0.15, 0.2) is 18.2 Å². The Morgan fingerprint density at radius 2 is 2.11 bits per heavy atom. The van der Waals surface area contributed by atoms with Crippen molar-refractivity contribution in [3.8, 4) is 0 Å². The van der Waals surface area contributed by atoms with Gasteiger partial charge >= 0.3 is 11.9 Å². The summed E-state index contributed by atoms with van der Waals surface area (Å²) in [6.45, 7) is 1.94. The number of rotatable bonds is 5. The van der Waals surface area contributed by atoms with Crippen molar-refractivity contribution < 1.29 is 24.4 Å². The molecule has 0 amide bonds. The van der Waals surface area contributed by atoms with E-state index in [0.29, 0.717) is 6.42 Å². The number of nitrogens with zero attached hydrogens (tertiary/aromatic N) is 1. The van der Waals surface area contributed by atoms with Crippen LogP contribution in [0.1, 0.15) is 34.1 Å². The van der Waals surface area contributed by atoms with Crippen LogP contribution in [0.25, 0.3) is 0 Å². The van der Waals surface area contributed by atoms with E-state index in [1.807, 2.05) is 0 Å². The van der Waals surface area contributed by atoms with Gasteiger partial charge in [-0.15, -0.1) is 0 Å². The number of ether oxygens (including phenoxy) is 1. The van der Waals surface area contributed by atoms with Crippen molar-refractivity contribution in [2.45, 2.75) is 13.3 Å². The normalized spacial score (nSPS) is 9.83. The Labute approximate surface area is 102 Å². The second-order valence-electron chi connectivity index (χ2n) is 3.43. The van der Waals surface area contributed by atoms with E-state index < -0.39 is 22.5 Å². The molecule has 0 saturated carbocycles. The number of hydrogen-bond acceptors (Lipinski definition) is 5. The van der Waals surface area contributed by atoms with Crippen LogP contribution in [-0.2, 0) is 4.74 Å². The van der Waals surface area contributed by atoms with E-state index in [1.54, 1.807) is 6.92 Å². The first-order valence-corrected chi connectivity index (χ1v) is 5.16. The summed E-state index contributed by atoms with van der Waals surface area (Å²) in [4.78, 5) is 32.2. The Hall–Kier alpha value is -2.44. The first-order chi connectivity index (χ1) is 8.47. The van der Waals surface area contributed by atoms with Crippen LogP contribution >= 0.6 is 0 Å². The molecule has 0 fully saturated rings. The summed E-state index contributed by atoms with van der Waals surface area (Å²) in [5, 5.41) is 19.5. The first-order valence-electron chi connectivity index (χ1n) is 5.16. The number of nitro groups is 1. The highest BCUT2D eigenvalue weighted by molar-refractivity contribution is 5.96. The maximum Gasteiger partial charge on any atom is 0.345 e. The molecule has 0 unspecified atom stereocenters. The fraction of sp³-hybridized carbons (Fsp3) is 0.273. The predicted octanol–water partition coefficient (Wildman–Crippen LogP) is 1.86. The summed E-state index contributed by atoms with van der Waals surface area (Å²) >= 11 is 0. The topological polar surface area (TPSA) is 107 Å². The van der Waals surface area contributed by atoms with Gasteiger partial charge in [0.25, 0.3) is 5.69 Å². The summed E-state index contributed by atoms with van der Waals surface area (Å²) in [6.07, 6.45) is 0.590. The fourth-order valence-corrected chi connectivity index (χ4v) is 1.26. The Kier molecular flexibility index (Phi) is 4.36. The van der Waals surface area contributed by atoms with Gasteiger partial charge in [-0.1, -0.05) is 6.92 Å². The molecule has 1 aromatic rings. The van der Waals surface area contributed by atoms with Crippen molar-refractivity contribution >= 4 is 17.6 Å². The largest absolute Gasteiger partial charge is 0.478 e. The van der Waals surface area contributed by atoms with E-state index >= 15 is 0 Å². The number of carboxylic acids is 1. The van der Waals surface area contributed by atoms with Crippen LogP contribution < -0.4 is 0 Å². The molecule has 7 heteroatoms. The zero-order valence-corrected chi connectivity index (χ0v) is 9.58. The van der Waals surface area contributed by atoms with E-state index in [0.717, 1.165) is 18.2 Å². The SMILES string of the molecule is CCCOC(=O)c1ccc(C(=O)O)cc1[N+](=O)[O-]. The summed E-state index contributed by atoms with van der Waals surface area (Å²) < 4.78 is 4.78. The molecule has 0 radical (unpaired) electrons. The van der Waals surface area contributed by atoms with Crippen LogP contribution in [0.3, 0.4) is 0 Å². The van der Waals surface area contributed by atoms with E-state index in [2.05, 4.69) is 0 Å². The fourth-order valence-electron chi connectivity index (χ4n) is 1.26. The minimum Gasteiger partial charge on any atom is -0.478 e. The number of aromatic carboxylic acids is 1. The number of esters is 1. The molecule has 96 valence electrons. The number of nitro benzene ring substituents is 1. The van der Waals surface area contributed by atoms with Gasteiger partial charge < -0.3 is 9.84 Å². The lowest BCUT2D eigenvalue weighted by atomic mass is 10.1. The quantitative estimate of drug-likeness (QED) is 0.487. The van der Waals surface area contributed by atoms with E-state index in [4.69, 9.17) is 9.84 Å². The zero-order chi connectivity index (χ0) is 13.7. The van der Waals surface area contributed by atoms with Gasteiger partial charge in [0.15, 0.2) is 0 Å². The Morgan fingerprint density at radius 3 is 2.61 bits per heavy atom. The highest BCUT2D eigenvalue weighted by Crippen LogP contribution is 2.21. The minimum atomic E-state index is -1.30. The van der Waals surface area contributed by atoms with Gasteiger partial charge in [0.05, 0.1) is 17.1 Å². The van der Waals surface area contributed by atoms with Crippen molar-refractivity contribution in [1.82, 2.24) is 0 Å². The molecule has 7 nitrogen and oxygen atoms in total. The van der Waals surface area contributed by atoms with E-state index in [9.17, 15) is 19.7 Å². The molecule has 0 aliphatic heterocycles. The molecule has 0 heterocycles. The van der Waals surface area contributed by atoms with Crippen molar-refractivity contribution in [3.05, 3.63) is 39.4 Å². The Balaban J connectivity index is 3.15. The average molecular weight is 253 g/mol. The zero-order valence-electron chi connectivity index (χ0n) is 9.58. The smallest absolute Gasteiger partial charge is 0.345 e. The lowest BCUT2D eigenvalue weighted by Crippen LogP contribution is -2.10. The molecule has 1 N–H and O–H groups in total. The number of benzene rings is 1. The molecule has 1 aromatic carbocycles. The molecule has 0 saturated heterocycles. The van der Waals surface area contributed by atoms with Crippen LogP contribution in [0.5, 0.6) is 0 Å². The summed E-state index contributed by atoms with van der Waals surface area (Å²) in [5.74, 6) is -2.13. The highest BCUT2D eigenvalue weighted by atomic mass is 16.6. The van der Waals surface area contributed by atoms with Crippen LogP contribution in [0, 0.1) is 10.1 Å². The molecular formula is C11H11NO6. The van der Waals surface area contributed by atoms with Crippen LogP contribution in [0.4, 0.5) is 5.69 Å². The van der Waals surface area contributed by atoms with Crippen molar-refractivity contribution in [3.63, 3.8) is 0 Å². The molecule has 0 spiro atoms. The van der Waals surface area contributed by atoms with Gasteiger partial charge in [-0.2, -0.15) is 0 Å². The second-order valence-corrected chi connectivity index (χ2v) is 3.43. The first kappa shape index (κ1) is 13.6. The lowest BCUT2D eigenvalue weighted by molar-refractivity contribution is -0.385. The molecule has 0 aromatic heterocycles. The van der Waals surface area contributed by atoms with E-state index in [-0.39, 0.29) is 17.7 Å². The number of hydrogen-bond donors (Lipinski definition) is 1. The molecular weight excluding hydrogens is 242 g/mol. The third-order valence-electron chi connectivity index (χ3n) is 2.10. The molecule has 18 heavy (non-hydrogen) atoms. The van der Waals surface area contributed by atoms with Gasteiger partial charge in [-0.05, 0) is 18.6 Å².